The van der Waals surface area contributed by atoms with Crippen LogP contribution in [-0.4, -0.2) is 35.1 Å². The van der Waals surface area contributed by atoms with Crippen molar-refractivity contribution >= 4 is 35.2 Å². The molecule has 65 heavy (non-hydrogen) atoms. The molecule has 0 unspecified atom stereocenters. The smallest absolute Gasteiger partial charge is 0.310 e. The van der Waals surface area contributed by atoms with Crippen molar-refractivity contribution in [3.05, 3.63) is 263 Å². The van der Waals surface area contributed by atoms with E-state index in [1.807, 2.05) is 121 Å². The Hall–Kier alpha value is -7.55. The molecule has 0 atom stereocenters. The van der Waals surface area contributed by atoms with E-state index in [9.17, 15) is 9.59 Å². The number of carbonyl (C=O) groups excluding carboxylic acids is 2. The largest absolute Gasteiger partial charge is 0.466 e. The summed E-state index contributed by atoms with van der Waals surface area (Å²) in [7, 11) is 0. The number of alkyl halides is 1. The first-order valence-electron chi connectivity index (χ1n) is 21.5. The molecule has 6 aromatic carbocycles. The number of aromatic nitrogens is 2. The van der Waals surface area contributed by atoms with Crippen LogP contribution in [0.1, 0.15) is 58.4 Å². The highest BCUT2D eigenvalue weighted by Gasteiger charge is 2.37. The van der Waals surface area contributed by atoms with Gasteiger partial charge in [-0.3, -0.25) is 9.59 Å². The fourth-order valence-corrected chi connectivity index (χ4v) is 7.76. The highest BCUT2D eigenvalue weighted by Crippen LogP contribution is 2.43. The highest BCUT2D eigenvalue weighted by atomic mass is 35.5. The van der Waals surface area contributed by atoms with Crippen molar-refractivity contribution in [3.8, 4) is 0 Å². The fourth-order valence-electron chi connectivity index (χ4n) is 7.38. The van der Waals surface area contributed by atoms with Crippen LogP contribution in [0.15, 0.2) is 219 Å². The van der Waals surface area contributed by atoms with Gasteiger partial charge in [0.15, 0.2) is 0 Å². The van der Waals surface area contributed by atoms with E-state index in [0.29, 0.717) is 24.8 Å². The predicted molar refractivity (Wildman–Crippen MR) is 261 cm³/mol. The van der Waals surface area contributed by atoms with Gasteiger partial charge in [-0.05, 0) is 70.5 Å². The fraction of sp³-hybridized carbons (Fsp3) is 0.143. The summed E-state index contributed by atoms with van der Waals surface area (Å²) in [5.41, 5.74) is 12.9. The molecule has 0 saturated heterocycles. The summed E-state index contributed by atoms with van der Waals surface area (Å²) in [6.07, 6.45) is 3.76. The molecule has 9 heteroatoms. The van der Waals surface area contributed by atoms with Gasteiger partial charge in [0.05, 0.1) is 26.1 Å². The summed E-state index contributed by atoms with van der Waals surface area (Å²) >= 11 is 7.12. The van der Waals surface area contributed by atoms with Crippen LogP contribution in [0.3, 0.4) is 0 Å². The van der Waals surface area contributed by atoms with E-state index in [0.717, 1.165) is 44.5 Å². The third-order valence-corrected chi connectivity index (χ3v) is 11.1. The van der Waals surface area contributed by atoms with Crippen LogP contribution < -0.4 is 11.1 Å². The van der Waals surface area contributed by atoms with Crippen LogP contribution >= 0.6 is 11.6 Å². The van der Waals surface area contributed by atoms with E-state index in [-0.39, 0.29) is 24.8 Å². The first-order valence-corrected chi connectivity index (χ1v) is 21.9. The lowest BCUT2D eigenvalue weighted by Crippen LogP contribution is -2.38. The molecule has 328 valence electrons. The molecule has 8 nitrogen and oxygen atoms in total. The Morgan fingerprint density at radius 3 is 1.09 bits per heavy atom. The van der Waals surface area contributed by atoms with Crippen molar-refractivity contribution in [1.29, 1.82) is 0 Å². The standard InChI is InChI=1S/C28H26N2O2.C19H15Cl.C9H12N2O2/c1-2-32-27(31)20-22-18-19-26(29-21-22)30-28(23-12-6-3-7-13-23,24-14-8-4-9-15-24)25-16-10-5-11-17-25;20-19(16-10-4-1-5-11-16,17-12-6-2-7-13-17)18-14-8-3-9-15-18;1-2-13-9(12)5-7-3-4-8(10)11-6-7/h3-19,21H,2,20H2,1H3,(H,29,30);1-15H;3-4,6H,2,5H2,1H3,(H2,10,11). The number of hydrogen-bond donors (Lipinski definition) is 2. The van der Waals surface area contributed by atoms with E-state index in [2.05, 4.69) is 88.1 Å². The Morgan fingerprint density at radius 1 is 0.477 bits per heavy atom. The molecule has 2 heterocycles. The molecule has 8 aromatic rings. The van der Waals surface area contributed by atoms with Gasteiger partial charge in [-0.25, -0.2) is 9.97 Å². The van der Waals surface area contributed by atoms with Crippen molar-refractivity contribution in [2.45, 2.75) is 37.1 Å². The van der Waals surface area contributed by atoms with Gasteiger partial charge in [0.1, 0.15) is 22.0 Å². The molecule has 0 radical (unpaired) electrons. The molecule has 0 saturated carbocycles. The summed E-state index contributed by atoms with van der Waals surface area (Å²) in [5, 5.41) is 3.72. The van der Waals surface area contributed by atoms with Crippen molar-refractivity contribution in [1.82, 2.24) is 9.97 Å². The van der Waals surface area contributed by atoms with E-state index in [1.165, 1.54) is 0 Å². The number of nitrogen functional groups attached to an aromatic ring is 1. The van der Waals surface area contributed by atoms with Crippen molar-refractivity contribution in [2.24, 2.45) is 0 Å². The van der Waals surface area contributed by atoms with Crippen molar-refractivity contribution in [2.75, 3.05) is 24.3 Å². The topological polar surface area (TPSA) is 116 Å². The second kappa shape index (κ2) is 23.8. The Morgan fingerprint density at radius 2 is 0.800 bits per heavy atom. The zero-order chi connectivity index (χ0) is 45.7. The maximum atomic E-state index is 11.8. The molecule has 8 rings (SSSR count). The lowest BCUT2D eigenvalue weighted by atomic mass is 9.77. The Kier molecular flexibility index (Phi) is 17.2. The van der Waals surface area contributed by atoms with E-state index in [4.69, 9.17) is 26.8 Å². The molecule has 3 N–H and O–H groups in total. The molecule has 0 aliphatic rings. The number of nitrogens with one attached hydrogen (secondary N) is 1. The Bertz CT molecular complexity index is 2430. The number of hydrogen-bond acceptors (Lipinski definition) is 8. The quantitative estimate of drug-likeness (QED) is 0.0630. The van der Waals surface area contributed by atoms with Crippen LogP contribution in [0, 0.1) is 0 Å². The zero-order valence-corrected chi connectivity index (χ0v) is 37.4. The molecule has 0 aliphatic heterocycles. The molecule has 0 spiro atoms. The second-order valence-electron chi connectivity index (χ2n) is 14.8. The molecular formula is C56H53ClN4O4. The maximum Gasteiger partial charge on any atom is 0.310 e. The number of halogens is 1. The predicted octanol–water partition coefficient (Wildman–Crippen LogP) is 11.6. The van der Waals surface area contributed by atoms with Crippen LogP contribution in [0.5, 0.6) is 0 Å². The van der Waals surface area contributed by atoms with Crippen molar-refractivity contribution < 1.29 is 19.1 Å². The van der Waals surface area contributed by atoms with Gasteiger partial charge in [-0.15, -0.1) is 11.6 Å². The van der Waals surface area contributed by atoms with Gasteiger partial charge in [0, 0.05) is 12.4 Å². The molecule has 0 aliphatic carbocycles. The average Bonchev–Trinajstić information content (AvgIpc) is 3.36. The zero-order valence-electron chi connectivity index (χ0n) is 36.6. The normalized spacial score (nSPS) is 10.8. The Labute approximate surface area is 387 Å². The van der Waals surface area contributed by atoms with Gasteiger partial charge in [-0.2, -0.15) is 0 Å². The highest BCUT2D eigenvalue weighted by molar-refractivity contribution is 6.28. The van der Waals surface area contributed by atoms with Gasteiger partial charge >= 0.3 is 11.9 Å². The Balaban J connectivity index is 0.000000180. The first kappa shape index (κ1) is 46.9. The summed E-state index contributed by atoms with van der Waals surface area (Å²) in [5.74, 6) is 0.679. The van der Waals surface area contributed by atoms with E-state index < -0.39 is 10.4 Å². The number of esters is 2. The summed E-state index contributed by atoms with van der Waals surface area (Å²) in [6.45, 7) is 4.36. The monoisotopic (exact) mass is 880 g/mol. The van der Waals surface area contributed by atoms with E-state index in [1.54, 1.807) is 38.4 Å². The van der Waals surface area contributed by atoms with Gasteiger partial charge in [-0.1, -0.05) is 194 Å². The number of nitrogens with zero attached hydrogens (tertiary/aromatic N) is 2. The lowest BCUT2D eigenvalue weighted by molar-refractivity contribution is -0.143. The second-order valence-corrected chi connectivity index (χ2v) is 15.4. The SMILES string of the molecule is CCOC(=O)Cc1ccc(N)nc1.CCOC(=O)Cc1ccc(NC(c2ccccc2)(c2ccccc2)c2ccccc2)nc1.ClC(c1ccccc1)(c1ccccc1)c1ccccc1. The minimum atomic E-state index is -0.649. The summed E-state index contributed by atoms with van der Waals surface area (Å²) in [6, 6.07) is 69.0. The van der Waals surface area contributed by atoms with Gasteiger partial charge < -0.3 is 20.5 Å². The van der Waals surface area contributed by atoms with Crippen LogP contribution in [0.2, 0.25) is 0 Å². The van der Waals surface area contributed by atoms with Gasteiger partial charge in [0.25, 0.3) is 0 Å². The third-order valence-electron chi connectivity index (χ3n) is 10.4. The summed E-state index contributed by atoms with van der Waals surface area (Å²) < 4.78 is 9.83. The maximum absolute atomic E-state index is 11.8. The van der Waals surface area contributed by atoms with E-state index >= 15 is 0 Å². The first-order chi connectivity index (χ1) is 31.8. The number of anilines is 2. The minimum absolute atomic E-state index is 0.211. The van der Waals surface area contributed by atoms with Crippen LogP contribution in [0.4, 0.5) is 11.6 Å². The number of rotatable bonds is 14. The van der Waals surface area contributed by atoms with Gasteiger partial charge in [0.2, 0.25) is 0 Å². The molecule has 0 fully saturated rings. The molecule has 0 bridgehead atoms. The average molecular weight is 882 g/mol. The molecule has 2 aromatic heterocycles. The lowest BCUT2D eigenvalue weighted by Gasteiger charge is -2.37. The third kappa shape index (κ3) is 12.6. The van der Waals surface area contributed by atoms with Crippen LogP contribution in [0.25, 0.3) is 0 Å². The number of benzene rings is 6. The molecule has 0 amide bonds. The minimum Gasteiger partial charge on any atom is -0.466 e. The number of carbonyl (C=O) groups is 2. The number of nitrogens with two attached hydrogens (primary N) is 1. The molecular weight excluding hydrogens is 828 g/mol. The van der Waals surface area contributed by atoms with Crippen LogP contribution in [-0.2, 0) is 42.3 Å². The van der Waals surface area contributed by atoms with Crippen molar-refractivity contribution in [3.63, 3.8) is 0 Å². The number of ether oxygens (including phenoxy) is 2. The summed E-state index contributed by atoms with van der Waals surface area (Å²) in [4.78, 5) is 30.7. The number of pyridine rings is 2.